The van der Waals surface area contributed by atoms with Gasteiger partial charge in [0.2, 0.25) is 12.7 Å². The number of rotatable bonds is 6. The Hall–Kier alpha value is -2.74. The topological polar surface area (TPSA) is 83.3 Å². The van der Waals surface area contributed by atoms with Gasteiger partial charge in [-0.2, -0.15) is 0 Å². The first kappa shape index (κ1) is 17.7. The molecular formula is C19H22N2O6. The normalized spacial score (nSPS) is 16.3. The minimum Gasteiger partial charge on any atom is -0.484 e. The molecule has 0 atom stereocenters. The van der Waals surface area contributed by atoms with E-state index < -0.39 is 0 Å². The van der Waals surface area contributed by atoms with Crippen molar-refractivity contribution in [1.29, 1.82) is 0 Å². The Labute approximate surface area is 157 Å². The number of ether oxygens (including phenoxy) is 4. The molecular weight excluding hydrogens is 352 g/mol. The molecule has 1 saturated heterocycles. The summed E-state index contributed by atoms with van der Waals surface area (Å²) in [6, 6.07) is 5.50. The average Bonchev–Trinajstić information content (AvgIpc) is 3.36. The second kappa shape index (κ2) is 7.87. The molecule has 0 spiro atoms. The second-order valence-corrected chi connectivity index (χ2v) is 6.36. The third-order valence-corrected chi connectivity index (χ3v) is 4.71. The van der Waals surface area contributed by atoms with E-state index in [0.29, 0.717) is 48.6 Å². The van der Waals surface area contributed by atoms with Gasteiger partial charge in [0.05, 0.1) is 0 Å². The number of hydrogen-bond acceptors (Lipinski definition) is 7. The number of nitrogens with zero attached hydrogens (tertiary/aromatic N) is 2. The van der Waals surface area contributed by atoms with Gasteiger partial charge in [-0.15, -0.1) is 0 Å². The van der Waals surface area contributed by atoms with E-state index in [-0.39, 0.29) is 25.3 Å². The van der Waals surface area contributed by atoms with Gasteiger partial charge in [-0.1, -0.05) is 0 Å². The molecule has 0 aliphatic carbocycles. The van der Waals surface area contributed by atoms with Crippen LogP contribution in [0.15, 0.2) is 28.9 Å². The van der Waals surface area contributed by atoms with E-state index in [0.717, 1.165) is 12.8 Å². The average molecular weight is 374 g/mol. The van der Waals surface area contributed by atoms with Gasteiger partial charge in [0.25, 0.3) is 5.91 Å². The van der Waals surface area contributed by atoms with Crippen LogP contribution in [-0.4, -0.2) is 48.4 Å². The SMILES string of the molecule is CCN(C(=O)c1coc(COc2ccc3c(c2)OCO3)n1)C1CCOCC1. The molecule has 2 aliphatic rings. The van der Waals surface area contributed by atoms with Crippen molar-refractivity contribution < 1.29 is 28.2 Å². The number of amides is 1. The van der Waals surface area contributed by atoms with Gasteiger partial charge in [0.15, 0.2) is 23.8 Å². The first-order valence-corrected chi connectivity index (χ1v) is 9.10. The molecule has 3 heterocycles. The van der Waals surface area contributed by atoms with Crippen LogP contribution >= 0.6 is 0 Å². The predicted molar refractivity (Wildman–Crippen MR) is 94.0 cm³/mol. The van der Waals surface area contributed by atoms with Crippen LogP contribution in [0.25, 0.3) is 0 Å². The van der Waals surface area contributed by atoms with Crippen LogP contribution in [0.5, 0.6) is 17.2 Å². The number of benzene rings is 1. The second-order valence-electron chi connectivity index (χ2n) is 6.36. The fraction of sp³-hybridized carbons (Fsp3) is 0.474. The Kier molecular flexibility index (Phi) is 5.15. The fourth-order valence-corrected chi connectivity index (χ4v) is 3.30. The maximum atomic E-state index is 12.8. The van der Waals surface area contributed by atoms with E-state index in [2.05, 4.69) is 4.98 Å². The lowest BCUT2D eigenvalue weighted by Crippen LogP contribution is -2.43. The number of oxazole rings is 1. The summed E-state index contributed by atoms with van der Waals surface area (Å²) in [7, 11) is 0. The van der Waals surface area contributed by atoms with Crippen molar-refractivity contribution in [3.05, 3.63) is 36.0 Å². The van der Waals surface area contributed by atoms with Gasteiger partial charge < -0.3 is 28.3 Å². The number of fused-ring (bicyclic) bond motifs is 1. The number of carbonyl (C=O) groups is 1. The summed E-state index contributed by atoms with van der Waals surface area (Å²) >= 11 is 0. The molecule has 8 heteroatoms. The predicted octanol–water partition coefficient (Wildman–Crippen LogP) is 2.62. The van der Waals surface area contributed by atoms with Gasteiger partial charge in [-0.25, -0.2) is 4.98 Å². The quantitative estimate of drug-likeness (QED) is 0.768. The Morgan fingerprint density at radius 2 is 2.07 bits per heavy atom. The lowest BCUT2D eigenvalue weighted by molar-refractivity contribution is 0.0302. The molecule has 27 heavy (non-hydrogen) atoms. The van der Waals surface area contributed by atoms with Crippen LogP contribution in [0.4, 0.5) is 0 Å². The number of aromatic nitrogens is 1. The molecule has 0 radical (unpaired) electrons. The van der Waals surface area contributed by atoms with Crippen LogP contribution < -0.4 is 14.2 Å². The summed E-state index contributed by atoms with van der Waals surface area (Å²) in [5.41, 5.74) is 0.299. The van der Waals surface area contributed by atoms with Crippen molar-refractivity contribution >= 4 is 5.91 Å². The van der Waals surface area contributed by atoms with Crippen molar-refractivity contribution in [2.45, 2.75) is 32.4 Å². The Morgan fingerprint density at radius 3 is 2.89 bits per heavy atom. The molecule has 0 N–H and O–H groups in total. The highest BCUT2D eigenvalue weighted by Crippen LogP contribution is 2.35. The zero-order chi connectivity index (χ0) is 18.6. The highest BCUT2D eigenvalue weighted by molar-refractivity contribution is 5.92. The molecule has 1 fully saturated rings. The highest BCUT2D eigenvalue weighted by atomic mass is 16.7. The number of carbonyl (C=O) groups excluding carboxylic acids is 1. The van der Waals surface area contributed by atoms with Crippen molar-refractivity contribution in [1.82, 2.24) is 9.88 Å². The molecule has 1 amide bonds. The van der Waals surface area contributed by atoms with Crippen LogP contribution in [0, 0.1) is 0 Å². The molecule has 2 aliphatic heterocycles. The first-order chi connectivity index (χ1) is 13.2. The highest BCUT2D eigenvalue weighted by Gasteiger charge is 2.27. The summed E-state index contributed by atoms with van der Waals surface area (Å²) in [5.74, 6) is 2.18. The van der Waals surface area contributed by atoms with Crippen LogP contribution in [0.3, 0.4) is 0 Å². The molecule has 144 valence electrons. The lowest BCUT2D eigenvalue weighted by atomic mass is 10.1. The smallest absolute Gasteiger partial charge is 0.276 e. The lowest BCUT2D eigenvalue weighted by Gasteiger charge is -2.32. The molecule has 0 bridgehead atoms. The van der Waals surface area contributed by atoms with E-state index in [4.69, 9.17) is 23.4 Å². The van der Waals surface area contributed by atoms with Gasteiger partial charge in [-0.3, -0.25) is 4.79 Å². The Balaban J connectivity index is 1.38. The van der Waals surface area contributed by atoms with Crippen molar-refractivity contribution in [2.75, 3.05) is 26.6 Å². The minimum absolute atomic E-state index is 0.121. The monoisotopic (exact) mass is 374 g/mol. The van der Waals surface area contributed by atoms with Crippen LogP contribution in [0.2, 0.25) is 0 Å². The Morgan fingerprint density at radius 1 is 1.26 bits per heavy atom. The third kappa shape index (κ3) is 3.85. The molecule has 1 aromatic heterocycles. The molecule has 2 aromatic rings. The standard InChI is InChI=1S/C19H22N2O6/c1-2-21(13-5-7-23-8-6-13)19(22)15-10-25-18(20-15)11-24-14-3-4-16-17(9-14)27-12-26-16/h3-4,9-10,13H,2,5-8,11-12H2,1H3. The van der Waals surface area contributed by atoms with E-state index in [9.17, 15) is 4.79 Å². The molecule has 0 saturated carbocycles. The summed E-state index contributed by atoms with van der Waals surface area (Å²) < 4.78 is 27.1. The summed E-state index contributed by atoms with van der Waals surface area (Å²) in [6.07, 6.45) is 3.08. The largest absolute Gasteiger partial charge is 0.484 e. The fourth-order valence-electron chi connectivity index (χ4n) is 3.30. The van der Waals surface area contributed by atoms with E-state index in [1.807, 2.05) is 11.8 Å². The van der Waals surface area contributed by atoms with Crippen molar-refractivity contribution in [3.8, 4) is 17.2 Å². The third-order valence-electron chi connectivity index (χ3n) is 4.71. The van der Waals surface area contributed by atoms with Crippen molar-refractivity contribution in [2.24, 2.45) is 0 Å². The number of hydrogen-bond donors (Lipinski definition) is 0. The van der Waals surface area contributed by atoms with E-state index >= 15 is 0 Å². The summed E-state index contributed by atoms with van der Waals surface area (Å²) in [5, 5.41) is 0. The maximum Gasteiger partial charge on any atom is 0.276 e. The van der Waals surface area contributed by atoms with Crippen LogP contribution in [-0.2, 0) is 11.3 Å². The molecule has 1 aromatic carbocycles. The molecule has 0 unspecified atom stereocenters. The Bertz CT molecular complexity index is 799. The van der Waals surface area contributed by atoms with Gasteiger partial charge >= 0.3 is 0 Å². The zero-order valence-electron chi connectivity index (χ0n) is 15.2. The minimum atomic E-state index is -0.123. The maximum absolute atomic E-state index is 12.8. The van der Waals surface area contributed by atoms with Crippen molar-refractivity contribution in [3.63, 3.8) is 0 Å². The van der Waals surface area contributed by atoms with Crippen LogP contribution in [0.1, 0.15) is 36.1 Å². The summed E-state index contributed by atoms with van der Waals surface area (Å²) in [6.45, 7) is 4.29. The van der Waals surface area contributed by atoms with Gasteiger partial charge in [0.1, 0.15) is 12.0 Å². The molecule has 8 nitrogen and oxygen atoms in total. The summed E-state index contributed by atoms with van der Waals surface area (Å²) in [4.78, 5) is 18.9. The van der Waals surface area contributed by atoms with E-state index in [1.165, 1.54) is 6.26 Å². The van der Waals surface area contributed by atoms with Gasteiger partial charge in [-0.05, 0) is 31.9 Å². The zero-order valence-corrected chi connectivity index (χ0v) is 15.2. The van der Waals surface area contributed by atoms with Gasteiger partial charge in [0, 0.05) is 31.9 Å². The molecule has 4 rings (SSSR count). The van der Waals surface area contributed by atoms with E-state index in [1.54, 1.807) is 18.2 Å². The first-order valence-electron chi connectivity index (χ1n) is 9.10.